The average molecular weight is 396 g/mol. The summed E-state index contributed by atoms with van der Waals surface area (Å²) in [6.45, 7) is 2.11. The van der Waals surface area contributed by atoms with Gasteiger partial charge < -0.3 is 15.3 Å². The Morgan fingerprint density at radius 3 is 2.28 bits per heavy atom. The number of amides is 2. The van der Waals surface area contributed by atoms with Gasteiger partial charge in [-0.1, -0.05) is 60.7 Å². The molecule has 0 radical (unpaired) electrons. The SMILES string of the molecule is CN(CCO)C(=O)C[C@H]1C(=O)NCCN1CC(c1ccccc1)c1ccccc1. The summed E-state index contributed by atoms with van der Waals surface area (Å²) in [5.41, 5.74) is 2.37. The van der Waals surface area contributed by atoms with E-state index in [9.17, 15) is 9.59 Å². The van der Waals surface area contributed by atoms with Crippen molar-refractivity contribution in [1.82, 2.24) is 15.1 Å². The number of rotatable bonds is 8. The lowest BCUT2D eigenvalue weighted by molar-refractivity contribution is -0.138. The zero-order valence-electron chi connectivity index (χ0n) is 16.8. The van der Waals surface area contributed by atoms with Crippen LogP contribution in [-0.2, 0) is 9.59 Å². The second-order valence-corrected chi connectivity index (χ2v) is 7.42. The summed E-state index contributed by atoms with van der Waals surface area (Å²) >= 11 is 0. The van der Waals surface area contributed by atoms with Gasteiger partial charge in [0.1, 0.15) is 0 Å². The molecule has 2 amide bonds. The number of aliphatic hydroxyl groups excluding tert-OH is 1. The maximum absolute atomic E-state index is 12.6. The molecule has 1 aliphatic rings. The number of nitrogens with one attached hydrogen (secondary N) is 1. The molecule has 2 N–H and O–H groups in total. The van der Waals surface area contributed by atoms with Crippen molar-refractivity contribution in [3.05, 3.63) is 71.8 Å². The molecule has 1 fully saturated rings. The predicted octanol–water partition coefficient (Wildman–Crippen LogP) is 1.46. The Hall–Kier alpha value is -2.70. The van der Waals surface area contributed by atoms with Gasteiger partial charge in [-0.15, -0.1) is 0 Å². The third kappa shape index (κ3) is 5.43. The molecule has 0 bridgehead atoms. The van der Waals surface area contributed by atoms with Gasteiger partial charge in [-0.25, -0.2) is 0 Å². The summed E-state index contributed by atoms with van der Waals surface area (Å²) in [6.07, 6.45) is 0.110. The highest BCUT2D eigenvalue weighted by Gasteiger charge is 2.34. The quantitative estimate of drug-likeness (QED) is 0.710. The fourth-order valence-corrected chi connectivity index (χ4v) is 3.81. The first-order valence-corrected chi connectivity index (χ1v) is 10.1. The van der Waals surface area contributed by atoms with Crippen molar-refractivity contribution in [2.75, 3.05) is 39.8 Å². The zero-order chi connectivity index (χ0) is 20.6. The molecule has 2 aromatic rings. The van der Waals surface area contributed by atoms with Crippen LogP contribution >= 0.6 is 0 Å². The Morgan fingerprint density at radius 1 is 1.14 bits per heavy atom. The first-order chi connectivity index (χ1) is 14.1. The van der Waals surface area contributed by atoms with Crippen LogP contribution in [0.25, 0.3) is 0 Å². The largest absolute Gasteiger partial charge is 0.395 e. The van der Waals surface area contributed by atoms with Crippen molar-refractivity contribution in [2.24, 2.45) is 0 Å². The molecule has 2 aromatic carbocycles. The minimum Gasteiger partial charge on any atom is -0.395 e. The molecule has 6 heteroatoms. The number of piperazine rings is 1. The predicted molar refractivity (Wildman–Crippen MR) is 112 cm³/mol. The molecular formula is C23H29N3O3. The van der Waals surface area contributed by atoms with Crippen LogP contribution < -0.4 is 5.32 Å². The molecule has 1 saturated heterocycles. The van der Waals surface area contributed by atoms with E-state index in [1.807, 2.05) is 36.4 Å². The first-order valence-electron chi connectivity index (χ1n) is 10.1. The molecule has 1 atom stereocenters. The molecule has 154 valence electrons. The van der Waals surface area contributed by atoms with E-state index in [2.05, 4.69) is 34.5 Å². The third-order valence-corrected chi connectivity index (χ3v) is 5.49. The Balaban J connectivity index is 1.82. The fourth-order valence-electron chi connectivity index (χ4n) is 3.81. The van der Waals surface area contributed by atoms with E-state index in [-0.39, 0.29) is 37.3 Å². The van der Waals surface area contributed by atoms with Gasteiger partial charge in [0.2, 0.25) is 11.8 Å². The fraction of sp³-hybridized carbons (Fsp3) is 0.391. The van der Waals surface area contributed by atoms with E-state index in [4.69, 9.17) is 5.11 Å². The van der Waals surface area contributed by atoms with Crippen molar-refractivity contribution in [3.8, 4) is 0 Å². The van der Waals surface area contributed by atoms with E-state index in [0.29, 0.717) is 19.6 Å². The Labute approximate surface area is 172 Å². The van der Waals surface area contributed by atoms with Gasteiger partial charge in [-0.3, -0.25) is 14.5 Å². The third-order valence-electron chi connectivity index (χ3n) is 5.49. The van der Waals surface area contributed by atoms with Crippen molar-refractivity contribution in [3.63, 3.8) is 0 Å². The lowest BCUT2D eigenvalue weighted by Gasteiger charge is -2.37. The highest BCUT2D eigenvalue weighted by molar-refractivity contribution is 5.88. The molecule has 0 saturated carbocycles. The topological polar surface area (TPSA) is 72.9 Å². The summed E-state index contributed by atoms with van der Waals surface area (Å²) < 4.78 is 0. The molecule has 6 nitrogen and oxygen atoms in total. The molecule has 1 heterocycles. The monoisotopic (exact) mass is 395 g/mol. The van der Waals surface area contributed by atoms with Crippen LogP contribution in [0.1, 0.15) is 23.5 Å². The second kappa shape index (κ2) is 10.2. The van der Waals surface area contributed by atoms with Crippen LogP contribution in [0.4, 0.5) is 0 Å². The average Bonchev–Trinajstić information content (AvgIpc) is 2.75. The molecule has 0 aliphatic carbocycles. The summed E-state index contributed by atoms with van der Waals surface area (Å²) in [5, 5.41) is 12.0. The summed E-state index contributed by atoms with van der Waals surface area (Å²) in [5.74, 6) is -0.139. The Morgan fingerprint density at radius 2 is 1.72 bits per heavy atom. The van der Waals surface area contributed by atoms with Gasteiger partial charge in [0.05, 0.1) is 19.1 Å². The lowest BCUT2D eigenvalue weighted by atomic mass is 9.90. The maximum atomic E-state index is 12.6. The van der Waals surface area contributed by atoms with Crippen molar-refractivity contribution in [1.29, 1.82) is 0 Å². The molecule has 1 aliphatic heterocycles. The summed E-state index contributed by atoms with van der Waals surface area (Å²) in [7, 11) is 1.65. The van der Waals surface area contributed by atoms with Gasteiger partial charge in [-0.05, 0) is 11.1 Å². The van der Waals surface area contributed by atoms with Crippen molar-refractivity contribution >= 4 is 11.8 Å². The lowest BCUT2D eigenvalue weighted by Crippen LogP contribution is -2.57. The van der Waals surface area contributed by atoms with E-state index in [0.717, 1.165) is 0 Å². The van der Waals surface area contributed by atoms with Crippen LogP contribution in [-0.4, -0.2) is 72.6 Å². The van der Waals surface area contributed by atoms with E-state index in [1.54, 1.807) is 7.05 Å². The highest BCUT2D eigenvalue weighted by Crippen LogP contribution is 2.27. The maximum Gasteiger partial charge on any atom is 0.237 e. The first kappa shape index (κ1) is 21.0. The van der Waals surface area contributed by atoms with E-state index in [1.165, 1.54) is 16.0 Å². The van der Waals surface area contributed by atoms with Gasteiger partial charge >= 0.3 is 0 Å². The molecule has 0 spiro atoms. The molecular weight excluding hydrogens is 366 g/mol. The van der Waals surface area contributed by atoms with Gasteiger partial charge in [0, 0.05) is 39.1 Å². The number of carbonyl (C=O) groups is 2. The Kier molecular flexibility index (Phi) is 7.38. The standard InChI is InChI=1S/C23H29N3O3/c1-25(14-15-27)22(28)16-21-23(29)24-12-13-26(21)17-20(18-8-4-2-5-9-18)19-10-6-3-7-11-19/h2-11,20-21,27H,12-17H2,1H3,(H,24,29)/t21-/m0/s1. The molecule has 0 unspecified atom stereocenters. The van der Waals surface area contributed by atoms with Crippen LogP contribution in [0, 0.1) is 0 Å². The number of hydrogen-bond acceptors (Lipinski definition) is 4. The van der Waals surface area contributed by atoms with Crippen molar-refractivity contribution < 1.29 is 14.7 Å². The van der Waals surface area contributed by atoms with Crippen LogP contribution in [0.3, 0.4) is 0 Å². The number of likely N-dealkylation sites (N-methyl/N-ethyl adjacent to an activating group) is 1. The number of benzene rings is 2. The molecule has 3 rings (SSSR count). The number of aliphatic hydroxyl groups is 1. The Bertz CT molecular complexity index is 758. The second-order valence-electron chi connectivity index (χ2n) is 7.42. The van der Waals surface area contributed by atoms with Crippen LogP contribution in [0.2, 0.25) is 0 Å². The minimum atomic E-state index is -0.507. The van der Waals surface area contributed by atoms with Crippen LogP contribution in [0.15, 0.2) is 60.7 Å². The van der Waals surface area contributed by atoms with E-state index >= 15 is 0 Å². The smallest absolute Gasteiger partial charge is 0.237 e. The molecule has 29 heavy (non-hydrogen) atoms. The van der Waals surface area contributed by atoms with Gasteiger partial charge in [-0.2, -0.15) is 0 Å². The van der Waals surface area contributed by atoms with Crippen LogP contribution in [0.5, 0.6) is 0 Å². The zero-order valence-corrected chi connectivity index (χ0v) is 16.8. The van der Waals surface area contributed by atoms with Gasteiger partial charge in [0.15, 0.2) is 0 Å². The summed E-state index contributed by atoms with van der Waals surface area (Å²) in [4.78, 5) is 28.7. The van der Waals surface area contributed by atoms with Gasteiger partial charge in [0.25, 0.3) is 0 Å². The summed E-state index contributed by atoms with van der Waals surface area (Å²) in [6, 6.07) is 20.0. The highest BCUT2D eigenvalue weighted by atomic mass is 16.3. The minimum absolute atomic E-state index is 0.0904. The normalized spacial score (nSPS) is 17.2. The molecule has 0 aromatic heterocycles. The van der Waals surface area contributed by atoms with Crippen molar-refractivity contribution in [2.45, 2.75) is 18.4 Å². The number of nitrogens with zero attached hydrogens (tertiary/aromatic N) is 2. The van der Waals surface area contributed by atoms with E-state index < -0.39 is 6.04 Å². The number of hydrogen-bond donors (Lipinski definition) is 2. The number of carbonyl (C=O) groups excluding carboxylic acids is 2.